The quantitative estimate of drug-likeness (QED) is 0.915. The molecular formula is C12H16Cl2N2O. The number of rotatable bonds is 3. The number of aliphatic hydroxyl groups is 1. The summed E-state index contributed by atoms with van der Waals surface area (Å²) in [4.78, 5) is 4.55. The van der Waals surface area contributed by atoms with Crippen molar-refractivity contribution in [2.75, 3.05) is 44.2 Å². The van der Waals surface area contributed by atoms with Gasteiger partial charge in [0.15, 0.2) is 0 Å². The molecule has 1 N–H and O–H groups in total. The van der Waals surface area contributed by atoms with Crippen molar-refractivity contribution >= 4 is 28.9 Å². The van der Waals surface area contributed by atoms with Crippen molar-refractivity contribution in [3.8, 4) is 0 Å². The molecule has 0 spiro atoms. The second kappa shape index (κ2) is 5.91. The molecule has 1 aromatic rings. The van der Waals surface area contributed by atoms with Crippen LogP contribution in [0.1, 0.15) is 0 Å². The number of anilines is 1. The first-order valence-electron chi connectivity index (χ1n) is 5.74. The average molecular weight is 275 g/mol. The molecule has 17 heavy (non-hydrogen) atoms. The van der Waals surface area contributed by atoms with Crippen molar-refractivity contribution < 1.29 is 5.11 Å². The van der Waals surface area contributed by atoms with Gasteiger partial charge >= 0.3 is 0 Å². The predicted octanol–water partition coefficient (Wildman–Crippen LogP) is 2.11. The first-order valence-corrected chi connectivity index (χ1v) is 6.49. The summed E-state index contributed by atoms with van der Waals surface area (Å²) in [5.41, 5.74) is 1.11. The van der Waals surface area contributed by atoms with Crippen molar-refractivity contribution in [2.45, 2.75) is 0 Å². The lowest BCUT2D eigenvalue weighted by atomic mass is 10.2. The summed E-state index contributed by atoms with van der Waals surface area (Å²) in [6.07, 6.45) is 0. The molecule has 1 saturated heterocycles. The molecule has 1 aromatic carbocycles. The van der Waals surface area contributed by atoms with Crippen LogP contribution >= 0.6 is 23.2 Å². The minimum Gasteiger partial charge on any atom is -0.395 e. The van der Waals surface area contributed by atoms with Crippen LogP contribution in [-0.4, -0.2) is 49.3 Å². The maximum atomic E-state index is 8.88. The highest BCUT2D eigenvalue weighted by Crippen LogP contribution is 2.27. The van der Waals surface area contributed by atoms with E-state index in [1.54, 1.807) is 0 Å². The zero-order chi connectivity index (χ0) is 12.3. The molecule has 1 fully saturated rings. The number of benzene rings is 1. The highest BCUT2D eigenvalue weighted by atomic mass is 35.5. The van der Waals surface area contributed by atoms with Crippen LogP contribution in [-0.2, 0) is 0 Å². The summed E-state index contributed by atoms with van der Waals surface area (Å²) >= 11 is 11.9. The van der Waals surface area contributed by atoms with Crippen LogP contribution in [0.25, 0.3) is 0 Å². The van der Waals surface area contributed by atoms with Gasteiger partial charge in [0.05, 0.1) is 16.7 Å². The fourth-order valence-electron chi connectivity index (χ4n) is 2.05. The summed E-state index contributed by atoms with van der Waals surface area (Å²) in [5, 5.41) is 10.1. The summed E-state index contributed by atoms with van der Waals surface area (Å²) in [5.74, 6) is 0. The first kappa shape index (κ1) is 13.0. The number of β-amino-alcohol motifs (C(OH)–C–C–N with tert-alkyl or cyclic N) is 1. The summed E-state index contributed by atoms with van der Waals surface area (Å²) in [7, 11) is 0. The number of hydrogen-bond acceptors (Lipinski definition) is 3. The second-order valence-corrected chi connectivity index (χ2v) is 4.97. The van der Waals surface area contributed by atoms with Crippen molar-refractivity contribution in [2.24, 2.45) is 0 Å². The largest absolute Gasteiger partial charge is 0.395 e. The first-order chi connectivity index (χ1) is 8.20. The molecule has 1 aliphatic heterocycles. The minimum atomic E-state index is 0.229. The molecule has 0 saturated carbocycles. The number of nitrogens with zero attached hydrogens (tertiary/aromatic N) is 2. The van der Waals surface area contributed by atoms with Gasteiger partial charge in [-0.3, -0.25) is 4.90 Å². The Hall–Kier alpha value is -0.480. The van der Waals surface area contributed by atoms with Crippen molar-refractivity contribution in [3.63, 3.8) is 0 Å². The number of piperazine rings is 1. The molecule has 0 amide bonds. The van der Waals surface area contributed by atoms with Gasteiger partial charge < -0.3 is 10.0 Å². The van der Waals surface area contributed by atoms with E-state index in [1.807, 2.05) is 18.2 Å². The fraction of sp³-hybridized carbons (Fsp3) is 0.500. The van der Waals surface area contributed by atoms with Crippen LogP contribution in [0.5, 0.6) is 0 Å². The zero-order valence-electron chi connectivity index (χ0n) is 9.57. The maximum absolute atomic E-state index is 8.88. The van der Waals surface area contributed by atoms with E-state index in [2.05, 4.69) is 9.80 Å². The fourth-order valence-corrected chi connectivity index (χ4v) is 2.35. The van der Waals surface area contributed by atoms with Gasteiger partial charge in [0.1, 0.15) is 0 Å². The Labute approximate surface area is 112 Å². The minimum absolute atomic E-state index is 0.229. The maximum Gasteiger partial charge on any atom is 0.0612 e. The number of aliphatic hydroxyl groups excluding tert-OH is 1. The monoisotopic (exact) mass is 274 g/mol. The Balaban J connectivity index is 1.98. The van der Waals surface area contributed by atoms with E-state index in [4.69, 9.17) is 28.3 Å². The van der Waals surface area contributed by atoms with Crippen LogP contribution < -0.4 is 4.90 Å². The molecule has 1 heterocycles. The van der Waals surface area contributed by atoms with Gasteiger partial charge in [-0.1, -0.05) is 23.2 Å². The predicted molar refractivity (Wildman–Crippen MR) is 72.2 cm³/mol. The molecule has 0 aliphatic carbocycles. The Morgan fingerprint density at radius 1 is 1.06 bits per heavy atom. The van der Waals surface area contributed by atoms with Gasteiger partial charge in [-0.2, -0.15) is 0 Å². The van der Waals surface area contributed by atoms with E-state index in [0.717, 1.165) is 38.4 Å². The molecule has 0 aromatic heterocycles. The van der Waals surface area contributed by atoms with E-state index in [0.29, 0.717) is 10.0 Å². The highest BCUT2D eigenvalue weighted by Gasteiger charge is 2.17. The lowest BCUT2D eigenvalue weighted by molar-refractivity contribution is 0.189. The van der Waals surface area contributed by atoms with Crippen LogP contribution in [0.2, 0.25) is 10.0 Å². The standard InChI is InChI=1S/C12H16Cl2N2O/c13-11-2-1-10(9-12(11)14)16-5-3-15(4-6-16)7-8-17/h1-2,9,17H,3-8H2. The summed E-state index contributed by atoms with van der Waals surface area (Å²) in [6.45, 7) is 4.85. The summed E-state index contributed by atoms with van der Waals surface area (Å²) in [6, 6.07) is 5.74. The van der Waals surface area contributed by atoms with Gasteiger partial charge in [0.2, 0.25) is 0 Å². The molecule has 0 bridgehead atoms. The van der Waals surface area contributed by atoms with E-state index in [9.17, 15) is 0 Å². The lowest BCUT2D eigenvalue weighted by Gasteiger charge is -2.35. The summed E-state index contributed by atoms with van der Waals surface area (Å²) < 4.78 is 0. The van der Waals surface area contributed by atoms with Gasteiger partial charge in [0, 0.05) is 38.4 Å². The molecule has 0 radical (unpaired) electrons. The van der Waals surface area contributed by atoms with Gasteiger partial charge in [-0.05, 0) is 18.2 Å². The van der Waals surface area contributed by atoms with Crippen molar-refractivity contribution in [1.82, 2.24) is 4.90 Å². The zero-order valence-corrected chi connectivity index (χ0v) is 11.1. The van der Waals surface area contributed by atoms with Crippen LogP contribution in [0.4, 0.5) is 5.69 Å². The molecular weight excluding hydrogens is 259 g/mol. The Bertz CT molecular complexity index is 379. The molecule has 0 unspecified atom stereocenters. The van der Waals surface area contributed by atoms with Gasteiger partial charge in [-0.25, -0.2) is 0 Å². The molecule has 0 atom stereocenters. The van der Waals surface area contributed by atoms with E-state index in [-0.39, 0.29) is 6.61 Å². The van der Waals surface area contributed by atoms with Gasteiger partial charge in [-0.15, -0.1) is 0 Å². The molecule has 1 aliphatic rings. The van der Waals surface area contributed by atoms with E-state index < -0.39 is 0 Å². The third kappa shape index (κ3) is 3.26. The van der Waals surface area contributed by atoms with Crippen LogP contribution in [0.15, 0.2) is 18.2 Å². The molecule has 94 valence electrons. The van der Waals surface area contributed by atoms with Gasteiger partial charge in [0.25, 0.3) is 0 Å². The van der Waals surface area contributed by atoms with E-state index in [1.165, 1.54) is 0 Å². The Kier molecular flexibility index (Phi) is 4.51. The third-order valence-electron chi connectivity index (χ3n) is 3.06. The number of hydrogen-bond donors (Lipinski definition) is 1. The SMILES string of the molecule is OCCN1CCN(c2ccc(Cl)c(Cl)c2)CC1. The topological polar surface area (TPSA) is 26.7 Å². The lowest BCUT2D eigenvalue weighted by Crippen LogP contribution is -2.47. The smallest absolute Gasteiger partial charge is 0.0612 e. The molecule has 2 rings (SSSR count). The van der Waals surface area contributed by atoms with Crippen LogP contribution in [0, 0.1) is 0 Å². The van der Waals surface area contributed by atoms with Crippen LogP contribution in [0.3, 0.4) is 0 Å². The second-order valence-electron chi connectivity index (χ2n) is 4.15. The Morgan fingerprint density at radius 2 is 1.76 bits per heavy atom. The van der Waals surface area contributed by atoms with Crippen molar-refractivity contribution in [3.05, 3.63) is 28.2 Å². The third-order valence-corrected chi connectivity index (χ3v) is 3.80. The highest BCUT2D eigenvalue weighted by molar-refractivity contribution is 6.42. The molecule has 5 heteroatoms. The normalized spacial score (nSPS) is 17.5. The Morgan fingerprint density at radius 3 is 2.35 bits per heavy atom. The molecule has 3 nitrogen and oxygen atoms in total. The van der Waals surface area contributed by atoms with Crippen molar-refractivity contribution in [1.29, 1.82) is 0 Å². The van der Waals surface area contributed by atoms with E-state index >= 15 is 0 Å². The average Bonchev–Trinajstić information content (AvgIpc) is 2.34. The number of halogens is 2.